The van der Waals surface area contributed by atoms with Crippen molar-refractivity contribution >= 4 is 17.9 Å². The van der Waals surface area contributed by atoms with Gasteiger partial charge in [-0.25, -0.2) is 4.79 Å². The third kappa shape index (κ3) is 12.5. The number of hydrogen-bond donors (Lipinski definition) is 4. The summed E-state index contributed by atoms with van der Waals surface area (Å²) in [6.45, 7) is 7.48. The standard InChI is InChI=1S/C21H34N4O4/c1-21(2,3)14-18(26)24-13-10-17(19(22)27)23-11-7-12-25-20(28)29-15-16-8-5-4-6-9-16/h4-6,8-9,17,23H,7,10-15H2,1-3H3,(H2,22,27)(H,24,26)(H,25,28)/t17-/m0/s1. The van der Waals surface area contributed by atoms with Crippen LogP contribution >= 0.6 is 0 Å². The Balaban J connectivity index is 2.15. The van der Waals surface area contributed by atoms with Crippen molar-refractivity contribution in [1.29, 1.82) is 0 Å². The van der Waals surface area contributed by atoms with E-state index in [0.717, 1.165) is 5.56 Å². The second-order valence-electron chi connectivity index (χ2n) is 8.13. The Labute approximate surface area is 172 Å². The van der Waals surface area contributed by atoms with E-state index in [1.807, 2.05) is 51.1 Å². The predicted molar refractivity (Wildman–Crippen MR) is 112 cm³/mol. The van der Waals surface area contributed by atoms with Crippen molar-refractivity contribution < 1.29 is 19.1 Å². The lowest BCUT2D eigenvalue weighted by Gasteiger charge is -2.19. The largest absolute Gasteiger partial charge is 0.445 e. The third-order valence-corrected chi connectivity index (χ3v) is 4.02. The number of hydrogen-bond acceptors (Lipinski definition) is 5. The second kappa shape index (κ2) is 12.8. The Bertz CT molecular complexity index is 644. The molecule has 8 nitrogen and oxygen atoms in total. The van der Waals surface area contributed by atoms with Gasteiger partial charge in [-0.2, -0.15) is 0 Å². The summed E-state index contributed by atoms with van der Waals surface area (Å²) >= 11 is 0. The normalized spacial score (nSPS) is 12.1. The summed E-state index contributed by atoms with van der Waals surface area (Å²) in [4.78, 5) is 35.0. The maximum Gasteiger partial charge on any atom is 0.407 e. The van der Waals surface area contributed by atoms with Gasteiger partial charge in [-0.1, -0.05) is 51.1 Å². The van der Waals surface area contributed by atoms with E-state index >= 15 is 0 Å². The lowest BCUT2D eigenvalue weighted by molar-refractivity contribution is -0.123. The molecule has 1 aromatic rings. The summed E-state index contributed by atoms with van der Waals surface area (Å²) in [7, 11) is 0. The minimum atomic E-state index is -0.532. The molecule has 3 amide bonds. The van der Waals surface area contributed by atoms with Crippen LogP contribution in [0.25, 0.3) is 0 Å². The molecule has 0 aliphatic carbocycles. The highest BCUT2D eigenvalue weighted by molar-refractivity contribution is 5.80. The number of carbonyl (C=O) groups is 3. The summed E-state index contributed by atoms with van der Waals surface area (Å²) in [5, 5.41) is 8.52. The molecule has 8 heteroatoms. The van der Waals surface area contributed by atoms with Crippen LogP contribution in [0.2, 0.25) is 0 Å². The first-order valence-corrected chi connectivity index (χ1v) is 9.91. The van der Waals surface area contributed by atoms with Gasteiger partial charge >= 0.3 is 6.09 Å². The maximum absolute atomic E-state index is 11.8. The van der Waals surface area contributed by atoms with E-state index in [0.29, 0.717) is 38.9 Å². The van der Waals surface area contributed by atoms with Crippen LogP contribution < -0.4 is 21.7 Å². The molecule has 0 radical (unpaired) electrons. The minimum Gasteiger partial charge on any atom is -0.445 e. The Morgan fingerprint density at radius 1 is 1.03 bits per heavy atom. The van der Waals surface area contributed by atoms with Gasteiger partial charge in [0.15, 0.2) is 0 Å². The summed E-state index contributed by atoms with van der Waals surface area (Å²) < 4.78 is 5.12. The van der Waals surface area contributed by atoms with Crippen molar-refractivity contribution in [2.45, 2.75) is 52.7 Å². The topological polar surface area (TPSA) is 123 Å². The zero-order valence-electron chi connectivity index (χ0n) is 17.6. The van der Waals surface area contributed by atoms with Crippen LogP contribution in [0.15, 0.2) is 30.3 Å². The molecule has 0 saturated carbocycles. The molecule has 162 valence electrons. The van der Waals surface area contributed by atoms with Gasteiger partial charge in [0.05, 0.1) is 6.04 Å². The molecule has 0 aromatic heterocycles. The number of ether oxygens (including phenoxy) is 1. The van der Waals surface area contributed by atoms with Gasteiger partial charge in [0, 0.05) is 19.5 Å². The molecule has 0 aliphatic heterocycles. The lowest BCUT2D eigenvalue weighted by Crippen LogP contribution is -2.44. The Morgan fingerprint density at radius 3 is 2.34 bits per heavy atom. The zero-order valence-corrected chi connectivity index (χ0v) is 17.6. The molecule has 0 aliphatic rings. The monoisotopic (exact) mass is 406 g/mol. The fraction of sp³-hybridized carbons (Fsp3) is 0.571. The summed E-state index contributed by atoms with van der Waals surface area (Å²) in [5.74, 6) is -0.510. The van der Waals surface area contributed by atoms with Gasteiger partial charge in [0.2, 0.25) is 11.8 Å². The molecule has 1 atom stereocenters. The molecule has 0 spiro atoms. The summed E-state index contributed by atoms with van der Waals surface area (Å²) in [5.41, 5.74) is 6.25. The van der Waals surface area contributed by atoms with E-state index in [9.17, 15) is 14.4 Å². The molecule has 0 bridgehead atoms. The first-order valence-electron chi connectivity index (χ1n) is 9.91. The number of alkyl carbamates (subject to hydrolysis) is 1. The van der Waals surface area contributed by atoms with Crippen molar-refractivity contribution in [3.05, 3.63) is 35.9 Å². The van der Waals surface area contributed by atoms with Gasteiger partial charge in [-0.05, 0) is 30.4 Å². The number of nitrogens with two attached hydrogens (primary N) is 1. The average molecular weight is 407 g/mol. The smallest absolute Gasteiger partial charge is 0.407 e. The SMILES string of the molecule is CC(C)(C)CC(=O)NCC[C@H](NCCCNC(=O)OCc1ccccc1)C(N)=O. The number of nitrogens with one attached hydrogen (secondary N) is 3. The van der Waals surface area contributed by atoms with Gasteiger partial charge in [-0.3, -0.25) is 9.59 Å². The number of amides is 3. The maximum atomic E-state index is 11.8. The zero-order chi connectivity index (χ0) is 21.7. The first kappa shape index (κ1) is 24.4. The molecule has 1 aromatic carbocycles. The Hall–Kier alpha value is -2.61. The highest BCUT2D eigenvalue weighted by Crippen LogP contribution is 2.17. The van der Waals surface area contributed by atoms with E-state index in [-0.39, 0.29) is 17.9 Å². The number of primary amides is 1. The Morgan fingerprint density at radius 2 is 1.72 bits per heavy atom. The quantitative estimate of drug-likeness (QED) is 0.394. The Kier molecular flexibility index (Phi) is 10.8. The van der Waals surface area contributed by atoms with Gasteiger partial charge in [0.1, 0.15) is 6.61 Å². The van der Waals surface area contributed by atoms with E-state index in [4.69, 9.17) is 10.5 Å². The van der Waals surface area contributed by atoms with Crippen molar-refractivity contribution in [3.8, 4) is 0 Å². The van der Waals surface area contributed by atoms with E-state index in [2.05, 4.69) is 16.0 Å². The summed E-state index contributed by atoms with van der Waals surface area (Å²) in [6.07, 6.45) is 0.966. The molecule has 0 unspecified atom stereocenters. The van der Waals surface area contributed by atoms with Crippen molar-refractivity contribution in [3.63, 3.8) is 0 Å². The van der Waals surface area contributed by atoms with Crippen LogP contribution in [0.4, 0.5) is 4.79 Å². The third-order valence-electron chi connectivity index (χ3n) is 4.02. The van der Waals surface area contributed by atoms with Crippen molar-refractivity contribution in [1.82, 2.24) is 16.0 Å². The van der Waals surface area contributed by atoms with E-state index in [1.54, 1.807) is 0 Å². The number of benzene rings is 1. The van der Waals surface area contributed by atoms with Crippen LogP contribution in [0, 0.1) is 5.41 Å². The molecular formula is C21H34N4O4. The molecule has 0 saturated heterocycles. The molecular weight excluding hydrogens is 372 g/mol. The van der Waals surface area contributed by atoms with Crippen molar-refractivity contribution in [2.24, 2.45) is 11.1 Å². The van der Waals surface area contributed by atoms with Crippen LogP contribution in [0.1, 0.15) is 45.6 Å². The van der Waals surface area contributed by atoms with Crippen LogP contribution in [-0.2, 0) is 20.9 Å². The fourth-order valence-electron chi connectivity index (χ4n) is 2.57. The second-order valence-corrected chi connectivity index (χ2v) is 8.13. The highest BCUT2D eigenvalue weighted by Gasteiger charge is 2.17. The van der Waals surface area contributed by atoms with E-state index < -0.39 is 18.0 Å². The van der Waals surface area contributed by atoms with Crippen molar-refractivity contribution in [2.75, 3.05) is 19.6 Å². The van der Waals surface area contributed by atoms with Gasteiger partial charge in [-0.15, -0.1) is 0 Å². The van der Waals surface area contributed by atoms with Gasteiger partial charge in [0.25, 0.3) is 0 Å². The highest BCUT2D eigenvalue weighted by atomic mass is 16.5. The minimum absolute atomic E-state index is 0.0427. The summed E-state index contributed by atoms with van der Waals surface area (Å²) in [6, 6.07) is 8.89. The van der Waals surface area contributed by atoms with Crippen LogP contribution in [-0.4, -0.2) is 43.6 Å². The average Bonchev–Trinajstić information content (AvgIpc) is 2.63. The predicted octanol–water partition coefficient (Wildman–Crippen LogP) is 1.69. The fourth-order valence-corrected chi connectivity index (χ4v) is 2.57. The number of rotatable bonds is 12. The molecule has 5 N–H and O–H groups in total. The number of carbonyl (C=O) groups excluding carboxylic acids is 3. The van der Waals surface area contributed by atoms with Gasteiger partial charge < -0.3 is 26.4 Å². The van der Waals surface area contributed by atoms with Crippen LogP contribution in [0.3, 0.4) is 0 Å². The first-order chi connectivity index (χ1) is 13.7. The molecule has 0 heterocycles. The molecule has 0 fully saturated rings. The molecule has 29 heavy (non-hydrogen) atoms. The lowest BCUT2D eigenvalue weighted by atomic mass is 9.92. The van der Waals surface area contributed by atoms with Crippen LogP contribution in [0.5, 0.6) is 0 Å². The molecule has 1 rings (SSSR count). The van der Waals surface area contributed by atoms with E-state index in [1.165, 1.54) is 0 Å².